The quantitative estimate of drug-likeness (QED) is 0.893. The van der Waals surface area contributed by atoms with E-state index in [0.717, 1.165) is 5.39 Å². The maximum absolute atomic E-state index is 12.3. The van der Waals surface area contributed by atoms with Gasteiger partial charge in [0.15, 0.2) is 11.6 Å². The molecule has 7 nitrogen and oxygen atoms in total. The van der Waals surface area contributed by atoms with Crippen LogP contribution in [-0.4, -0.2) is 52.8 Å². The summed E-state index contributed by atoms with van der Waals surface area (Å²) in [6, 6.07) is 6.31. The van der Waals surface area contributed by atoms with Crippen LogP contribution < -0.4 is 0 Å². The van der Waals surface area contributed by atoms with E-state index in [-0.39, 0.29) is 25.5 Å². The molecule has 0 saturated carbocycles. The summed E-state index contributed by atoms with van der Waals surface area (Å²) < 4.78 is 10.3. The Hall–Kier alpha value is -2.41. The van der Waals surface area contributed by atoms with Gasteiger partial charge in [0.1, 0.15) is 5.69 Å². The molecule has 1 amide bonds. The van der Waals surface area contributed by atoms with Gasteiger partial charge in [0, 0.05) is 11.9 Å². The van der Waals surface area contributed by atoms with Crippen LogP contribution in [0.15, 0.2) is 28.8 Å². The first-order valence-electron chi connectivity index (χ1n) is 6.60. The van der Waals surface area contributed by atoms with E-state index in [1.165, 1.54) is 4.90 Å². The minimum atomic E-state index is -1.06. The number of morpholine rings is 1. The fraction of sp³-hybridized carbons (Fsp3) is 0.357. The first-order valence-corrected chi connectivity index (χ1v) is 6.60. The molecule has 0 aliphatic carbocycles. The van der Waals surface area contributed by atoms with Crippen LogP contribution in [0.5, 0.6) is 0 Å². The standard InChI is InChI=1S/C14H14N2O5/c17-13(16-5-6-20-8-11(16)14(18)19)7-10-9-3-1-2-4-12(9)21-15-10/h1-4,11H,5-8H2,(H,18,19). The fourth-order valence-corrected chi connectivity index (χ4v) is 2.42. The van der Waals surface area contributed by atoms with Gasteiger partial charge in [0.05, 0.1) is 19.6 Å². The Bertz CT molecular complexity index is 681. The maximum atomic E-state index is 12.3. The van der Waals surface area contributed by atoms with Gasteiger partial charge in [0.25, 0.3) is 0 Å². The summed E-state index contributed by atoms with van der Waals surface area (Å²) >= 11 is 0. The van der Waals surface area contributed by atoms with Crippen molar-refractivity contribution in [2.75, 3.05) is 19.8 Å². The van der Waals surface area contributed by atoms with Crippen molar-refractivity contribution in [2.45, 2.75) is 12.5 Å². The summed E-state index contributed by atoms with van der Waals surface area (Å²) in [6.07, 6.45) is 0.0147. The van der Waals surface area contributed by atoms with Gasteiger partial charge >= 0.3 is 5.97 Å². The molecule has 7 heteroatoms. The second-order valence-electron chi connectivity index (χ2n) is 4.82. The van der Waals surface area contributed by atoms with E-state index < -0.39 is 12.0 Å². The molecule has 2 aromatic rings. The summed E-state index contributed by atoms with van der Waals surface area (Å²) in [5.74, 6) is -1.35. The molecule has 0 spiro atoms. The highest BCUT2D eigenvalue weighted by Crippen LogP contribution is 2.19. The van der Waals surface area contributed by atoms with Crippen LogP contribution in [0.2, 0.25) is 0 Å². The molecule has 1 atom stereocenters. The molecule has 21 heavy (non-hydrogen) atoms. The Morgan fingerprint density at radius 2 is 2.19 bits per heavy atom. The fourth-order valence-electron chi connectivity index (χ4n) is 2.42. The van der Waals surface area contributed by atoms with Gasteiger partial charge in [-0.15, -0.1) is 0 Å². The van der Waals surface area contributed by atoms with Crippen molar-refractivity contribution >= 4 is 22.8 Å². The molecule has 2 heterocycles. The monoisotopic (exact) mass is 290 g/mol. The number of hydrogen-bond donors (Lipinski definition) is 1. The van der Waals surface area contributed by atoms with E-state index in [9.17, 15) is 9.59 Å². The van der Waals surface area contributed by atoms with Gasteiger partial charge in [0.2, 0.25) is 5.91 Å². The number of rotatable bonds is 3. The lowest BCUT2D eigenvalue weighted by atomic mass is 10.1. The number of carboxylic acid groups (broad SMARTS) is 1. The Labute approximate surface area is 120 Å². The van der Waals surface area contributed by atoms with E-state index >= 15 is 0 Å². The lowest BCUT2D eigenvalue weighted by Crippen LogP contribution is -2.53. The maximum Gasteiger partial charge on any atom is 0.328 e. The van der Waals surface area contributed by atoms with E-state index in [4.69, 9.17) is 14.4 Å². The third-order valence-electron chi connectivity index (χ3n) is 3.50. The largest absolute Gasteiger partial charge is 0.480 e. The van der Waals surface area contributed by atoms with Crippen LogP contribution in [0, 0.1) is 0 Å². The molecule has 1 N–H and O–H groups in total. The van der Waals surface area contributed by atoms with Crippen molar-refractivity contribution in [3.63, 3.8) is 0 Å². The number of amides is 1. The lowest BCUT2D eigenvalue weighted by Gasteiger charge is -2.32. The number of aromatic nitrogens is 1. The summed E-state index contributed by atoms with van der Waals surface area (Å²) in [5.41, 5.74) is 1.13. The zero-order valence-corrected chi connectivity index (χ0v) is 11.2. The van der Waals surface area contributed by atoms with E-state index in [1.807, 2.05) is 18.2 Å². The molecule has 0 bridgehead atoms. The second-order valence-corrected chi connectivity index (χ2v) is 4.82. The molecular formula is C14H14N2O5. The highest BCUT2D eigenvalue weighted by molar-refractivity contribution is 5.89. The molecule has 1 saturated heterocycles. The van der Waals surface area contributed by atoms with Crippen LogP contribution in [0.25, 0.3) is 11.0 Å². The van der Waals surface area contributed by atoms with Crippen molar-refractivity contribution in [1.82, 2.24) is 10.1 Å². The minimum Gasteiger partial charge on any atom is -0.480 e. The van der Waals surface area contributed by atoms with Crippen molar-refractivity contribution in [2.24, 2.45) is 0 Å². The number of fused-ring (bicyclic) bond motifs is 1. The van der Waals surface area contributed by atoms with Crippen LogP contribution >= 0.6 is 0 Å². The van der Waals surface area contributed by atoms with Crippen molar-refractivity contribution in [1.29, 1.82) is 0 Å². The first-order chi connectivity index (χ1) is 10.2. The topological polar surface area (TPSA) is 92.9 Å². The smallest absolute Gasteiger partial charge is 0.328 e. The minimum absolute atomic E-state index is 0.0145. The Morgan fingerprint density at radius 3 is 3.00 bits per heavy atom. The van der Waals surface area contributed by atoms with Crippen molar-refractivity contribution < 1.29 is 24.0 Å². The molecule has 1 aliphatic heterocycles. The molecule has 1 aliphatic rings. The predicted molar refractivity (Wildman–Crippen MR) is 71.7 cm³/mol. The van der Waals surface area contributed by atoms with Gasteiger partial charge in [-0.05, 0) is 12.1 Å². The Kier molecular flexibility index (Phi) is 3.57. The molecule has 1 unspecified atom stereocenters. The van der Waals surface area contributed by atoms with Crippen LogP contribution in [0.3, 0.4) is 0 Å². The number of ether oxygens (including phenoxy) is 1. The van der Waals surface area contributed by atoms with Gasteiger partial charge in [-0.3, -0.25) is 4.79 Å². The van der Waals surface area contributed by atoms with Gasteiger partial charge in [-0.1, -0.05) is 17.3 Å². The first kappa shape index (κ1) is 13.6. The molecule has 1 aromatic carbocycles. The van der Waals surface area contributed by atoms with E-state index in [2.05, 4.69) is 5.16 Å². The van der Waals surface area contributed by atoms with Crippen molar-refractivity contribution in [3.05, 3.63) is 30.0 Å². The second kappa shape index (κ2) is 5.53. The molecule has 0 radical (unpaired) electrons. The summed E-state index contributed by atoms with van der Waals surface area (Å²) in [5, 5.41) is 13.8. The SMILES string of the molecule is O=C(O)C1COCCN1C(=O)Cc1noc2ccccc12. The number of carbonyl (C=O) groups is 2. The highest BCUT2D eigenvalue weighted by atomic mass is 16.5. The molecular weight excluding hydrogens is 276 g/mol. The summed E-state index contributed by atoms with van der Waals surface area (Å²) in [4.78, 5) is 24.9. The Morgan fingerprint density at radius 1 is 1.38 bits per heavy atom. The summed E-state index contributed by atoms with van der Waals surface area (Å²) in [6.45, 7) is 0.626. The number of nitrogens with zero attached hydrogens (tertiary/aromatic N) is 2. The van der Waals surface area contributed by atoms with Crippen LogP contribution in [0.1, 0.15) is 5.69 Å². The zero-order chi connectivity index (χ0) is 14.8. The van der Waals surface area contributed by atoms with E-state index in [1.54, 1.807) is 6.07 Å². The number of para-hydroxylation sites is 1. The normalized spacial score (nSPS) is 18.9. The van der Waals surface area contributed by atoms with Gasteiger partial charge in [-0.25, -0.2) is 4.79 Å². The summed E-state index contributed by atoms with van der Waals surface area (Å²) in [7, 11) is 0. The average molecular weight is 290 g/mol. The van der Waals surface area contributed by atoms with Crippen LogP contribution in [0.4, 0.5) is 0 Å². The number of aliphatic carboxylic acids is 1. The number of benzene rings is 1. The molecule has 1 aromatic heterocycles. The average Bonchev–Trinajstić information content (AvgIpc) is 2.90. The van der Waals surface area contributed by atoms with Crippen molar-refractivity contribution in [3.8, 4) is 0 Å². The van der Waals surface area contributed by atoms with E-state index in [0.29, 0.717) is 17.9 Å². The lowest BCUT2D eigenvalue weighted by molar-refractivity contribution is -0.158. The molecule has 110 valence electrons. The number of carboxylic acids is 1. The predicted octanol–water partition coefficient (Wildman–Crippen LogP) is 0.682. The third-order valence-corrected chi connectivity index (χ3v) is 3.50. The van der Waals surface area contributed by atoms with Gasteiger partial charge < -0.3 is 19.3 Å². The molecule has 3 rings (SSSR count). The number of carbonyl (C=O) groups excluding carboxylic acids is 1. The highest BCUT2D eigenvalue weighted by Gasteiger charge is 2.33. The Balaban J connectivity index is 1.80. The number of hydrogen-bond acceptors (Lipinski definition) is 5. The van der Waals surface area contributed by atoms with Gasteiger partial charge in [-0.2, -0.15) is 0 Å². The molecule has 1 fully saturated rings. The zero-order valence-electron chi connectivity index (χ0n) is 11.2. The van der Waals surface area contributed by atoms with Crippen LogP contribution in [-0.2, 0) is 20.7 Å². The third kappa shape index (κ3) is 2.59.